The Morgan fingerprint density at radius 1 is 1.25 bits per heavy atom. The molecule has 3 nitrogen and oxygen atoms in total. The molecule has 90 valence electrons. The number of nitrogens with zero attached hydrogens (tertiary/aromatic N) is 1. The third-order valence-electron chi connectivity index (χ3n) is 3.15. The summed E-state index contributed by atoms with van der Waals surface area (Å²) in [6.45, 7) is 6.46. The lowest BCUT2D eigenvalue weighted by Gasteiger charge is -2.20. The Bertz CT molecular complexity index is 329. The van der Waals surface area contributed by atoms with Crippen molar-refractivity contribution < 1.29 is 0 Å². The fourth-order valence-corrected chi connectivity index (χ4v) is 2.41. The topological polar surface area (TPSA) is 40.7 Å². The highest BCUT2D eigenvalue weighted by molar-refractivity contribution is 5.38. The summed E-state index contributed by atoms with van der Waals surface area (Å²) >= 11 is 0. The van der Waals surface area contributed by atoms with Crippen molar-refractivity contribution in [2.24, 2.45) is 0 Å². The van der Waals surface area contributed by atoms with Crippen molar-refractivity contribution in [2.75, 3.05) is 5.32 Å². The molecule has 0 bridgehead atoms. The number of nitrogens with one attached hydrogen (secondary N) is 2. The highest BCUT2D eigenvalue weighted by Crippen LogP contribution is 2.32. The van der Waals surface area contributed by atoms with Gasteiger partial charge in [-0.1, -0.05) is 19.3 Å². The zero-order chi connectivity index (χ0) is 11.6. The van der Waals surface area contributed by atoms with Crippen LogP contribution < -0.4 is 5.32 Å². The number of aromatic amines is 1. The zero-order valence-corrected chi connectivity index (χ0v) is 10.6. The molecule has 1 aromatic rings. The molecule has 1 saturated carbocycles. The first-order chi connectivity index (χ1) is 7.54. The number of aromatic nitrogens is 2. The number of anilines is 1. The van der Waals surface area contributed by atoms with E-state index in [4.69, 9.17) is 0 Å². The van der Waals surface area contributed by atoms with Gasteiger partial charge in [0.1, 0.15) is 5.82 Å². The van der Waals surface area contributed by atoms with E-state index in [2.05, 4.69) is 42.4 Å². The van der Waals surface area contributed by atoms with E-state index in [1.807, 2.05) is 0 Å². The molecule has 1 fully saturated rings. The summed E-state index contributed by atoms with van der Waals surface area (Å²) < 4.78 is 0. The lowest BCUT2D eigenvalue weighted by atomic mass is 9.87. The van der Waals surface area contributed by atoms with Gasteiger partial charge in [-0.05, 0) is 33.6 Å². The molecule has 3 heteroatoms. The van der Waals surface area contributed by atoms with E-state index in [9.17, 15) is 0 Å². The summed E-state index contributed by atoms with van der Waals surface area (Å²) in [5, 5.41) is 10.9. The molecule has 1 heterocycles. The molecule has 1 aliphatic carbocycles. The zero-order valence-electron chi connectivity index (χ0n) is 10.6. The molecule has 1 aromatic heterocycles. The molecular weight excluding hydrogens is 198 g/mol. The smallest absolute Gasteiger partial charge is 0.148 e. The highest BCUT2D eigenvalue weighted by Gasteiger charge is 2.18. The maximum absolute atomic E-state index is 4.34. The second kappa shape index (κ2) is 4.48. The van der Waals surface area contributed by atoms with Gasteiger partial charge in [-0.3, -0.25) is 5.10 Å². The van der Waals surface area contributed by atoms with Gasteiger partial charge in [-0.2, -0.15) is 5.10 Å². The molecule has 0 aliphatic heterocycles. The van der Waals surface area contributed by atoms with Gasteiger partial charge >= 0.3 is 0 Å². The molecule has 2 rings (SSSR count). The summed E-state index contributed by atoms with van der Waals surface area (Å²) in [6.07, 6.45) is 6.77. The van der Waals surface area contributed by atoms with Crippen LogP contribution in [0.15, 0.2) is 6.07 Å². The summed E-state index contributed by atoms with van der Waals surface area (Å²) in [5.41, 5.74) is 1.39. The van der Waals surface area contributed by atoms with Gasteiger partial charge in [0, 0.05) is 23.2 Å². The van der Waals surface area contributed by atoms with Gasteiger partial charge in [0.25, 0.3) is 0 Å². The van der Waals surface area contributed by atoms with Crippen LogP contribution in [-0.2, 0) is 0 Å². The predicted molar refractivity (Wildman–Crippen MR) is 67.8 cm³/mol. The molecule has 0 spiro atoms. The number of hydrogen-bond donors (Lipinski definition) is 2. The molecule has 0 unspecified atom stereocenters. The third kappa shape index (κ3) is 3.00. The molecule has 0 atom stereocenters. The monoisotopic (exact) mass is 221 g/mol. The standard InChI is InChI=1S/C13H23N3/c1-13(2,3)14-12-9-11(15-16-12)10-7-5-4-6-8-10/h9-10H,4-8H2,1-3H3,(H2,14,15,16). The summed E-state index contributed by atoms with van der Waals surface area (Å²) in [6, 6.07) is 2.18. The van der Waals surface area contributed by atoms with Gasteiger partial charge < -0.3 is 5.32 Å². The molecule has 2 N–H and O–H groups in total. The summed E-state index contributed by atoms with van der Waals surface area (Å²) in [7, 11) is 0. The first-order valence-corrected chi connectivity index (χ1v) is 6.38. The minimum absolute atomic E-state index is 0.0824. The second-order valence-corrected chi connectivity index (χ2v) is 5.92. The van der Waals surface area contributed by atoms with Crippen LogP contribution in [0.2, 0.25) is 0 Å². The second-order valence-electron chi connectivity index (χ2n) is 5.92. The molecule has 0 amide bonds. The number of rotatable bonds is 2. The Kier molecular flexibility index (Phi) is 3.22. The molecule has 0 saturated heterocycles. The normalized spacial score (nSPS) is 18.7. The Morgan fingerprint density at radius 2 is 1.94 bits per heavy atom. The Morgan fingerprint density at radius 3 is 2.56 bits per heavy atom. The summed E-state index contributed by atoms with van der Waals surface area (Å²) in [4.78, 5) is 0. The van der Waals surface area contributed by atoms with Crippen molar-refractivity contribution >= 4 is 5.82 Å². The van der Waals surface area contributed by atoms with Crippen LogP contribution in [0.25, 0.3) is 0 Å². The largest absolute Gasteiger partial charge is 0.364 e. The molecule has 1 aliphatic rings. The van der Waals surface area contributed by atoms with E-state index >= 15 is 0 Å². The van der Waals surface area contributed by atoms with Crippen molar-refractivity contribution in [3.05, 3.63) is 11.8 Å². The lowest BCUT2D eigenvalue weighted by Crippen LogP contribution is -2.26. The van der Waals surface area contributed by atoms with Crippen molar-refractivity contribution in [3.8, 4) is 0 Å². The van der Waals surface area contributed by atoms with Gasteiger partial charge in [-0.25, -0.2) is 0 Å². The van der Waals surface area contributed by atoms with Gasteiger partial charge in [0.2, 0.25) is 0 Å². The van der Waals surface area contributed by atoms with Crippen molar-refractivity contribution in [3.63, 3.8) is 0 Å². The first-order valence-electron chi connectivity index (χ1n) is 6.38. The van der Waals surface area contributed by atoms with E-state index in [-0.39, 0.29) is 5.54 Å². The van der Waals surface area contributed by atoms with E-state index in [1.165, 1.54) is 37.8 Å². The Labute approximate surface area is 98.0 Å². The molecule has 0 aromatic carbocycles. The van der Waals surface area contributed by atoms with Gasteiger partial charge in [-0.15, -0.1) is 0 Å². The van der Waals surface area contributed by atoms with E-state index < -0.39 is 0 Å². The van der Waals surface area contributed by atoms with E-state index in [0.29, 0.717) is 5.92 Å². The van der Waals surface area contributed by atoms with Gasteiger partial charge in [0.05, 0.1) is 0 Å². The maximum Gasteiger partial charge on any atom is 0.148 e. The average molecular weight is 221 g/mol. The van der Waals surface area contributed by atoms with Gasteiger partial charge in [0.15, 0.2) is 0 Å². The van der Waals surface area contributed by atoms with Crippen LogP contribution in [-0.4, -0.2) is 15.7 Å². The van der Waals surface area contributed by atoms with Crippen LogP contribution in [0, 0.1) is 0 Å². The highest BCUT2D eigenvalue weighted by atomic mass is 15.2. The summed E-state index contributed by atoms with van der Waals surface area (Å²) in [5.74, 6) is 1.69. The molecule has 16 heavy (non-hydrogen) atoms. The lowest BCUT2D eigenvalue weighted by molar-refractivity contribution is 0.436. The van der Waals surface area contributed by atoms with Crippen LogP contribution in [0.5, 0.6) is 0 Å². The number of hydrogen-bond acceptors (Lipinski definition) is 2. The first kappa shape index (κ1) is 11.5. The Hall–Kier alpha value is -0.990. The molecule has 0 radical (unpaired) electrons. The number of H-pyrrole nitrogens is 1. The van der Waals surface area contributed by atoms with Crippen molar-refractivity contribution in [2.45, 2.75) is 64.3 Å². The Balaban J connectivity index is 2.01. The minimum atomic E-state index is 0.0824. The van der Waals surface area contributed by atoms with Crippen LogP contribution >= 0.6 is 0 Å². The van der Waals surface area contributed by atoms with Crippen LogP contribution in [0.4, 0.5) is 5.82 Å². The van der Waals surface area contributed by atoms with Crippen LogP contribution in [0.3, 0.4) is 0 Å². The van der Waals surface area contributed by atoms with E-state index in [1.54, 1.807) is 0 Å². The van der Waals surface area contributed by atoms with Crippen LogP contribution in [0.1, 0.15) is 64.5 Å². The molecular formula is C13H23N3. The SMILES string of the molecule is CC(C)(C)Nc1cc(C2CCCCC2)[nH]n1. The average Bonchev–Trinajstić information content (AvgIpc) is 2.65. The maximum atomic E-state index is 4.34. The third-order valence-corrected chi connectivity index (χ3v) is 3.15. The quantitative estimate of drug-likeness (QED) is 0.800. The van der Waals surface area contributed by atoms with Crippen molar-refractivity contribution in [1.82, 2.24) is 10.2 Å². The van der Waals surface area contributed by atoms with E-state index in [0.717, 1.165) is 5.82 Å². The minimum Gasteiger partial charge on any atom is -0.364 e. The fraction of sp³-hybridized carbons (Fsp3) is 0.769. The predicted octanol–water partition coefficient (Wildman–Crippen LogP) is 3.67. The van der Waals surface area contributed by atoms with Crippen molar-refractivity contribution in [1.29, 1.82) is 0 Å². The fourth-order valence-electron chi connectivity index (χ4n) is 2.41.